The zero-order chi connectivity index (χ0) is 30.2. The molecule has 1 fully saturated rings. The zero-order valence-corrected chi connectivity index (χ0v) is 26.0. The van der Waals surface area contributed by atoms with Gasteiger partial charge in [0.25, 0.3) is 5.91 Å². The van der Waals surface area contributed by atoms with E-state index in [0.29, 0.717) is 18.9 Å². The third-order valence-electron chi connectivity index (χ3n) is 8.98. The zero-order valence-electron chi connectivity index (χ0n) is 25.2. The normalized spacial score (nSPS) is 19.2. The maximum atomic E-state index is 13.3. The first-order chi connectivity index (χ1) is 20.1. The van der Waals surface area contributed by atoms with Gasteiger partial charge in [-0.2, -0.15) is 12.7 Å². The van der Waals surface area contributed by atoms with E-state index in [1.165, 1.54) is 23.4 Å². The Morgan fingerprint density at radius 3 is 2.40 bits per heavy atom. The van der Waals surface area contributed by atoms with Crippen molar-refractivity contribution in [1.82, 2.24) is 13.6 Å². The van der Waals surface area contributed by atoms with Gasteiger partial charge in [-0.3, -0.25) is 9.59 Å². The molecule has 9 nitrogen and oxygen atoms in total. The highest BCUT2D eigenvalue weighted by Gasteiger charge is 2.41. The maximum Gasteiger partial charge on any atom is 0.313 e. The third-order valence-corrected chi connectivity index (χ3v) is 10.6. The lowest BCUT2D eigenvalue weighted by atomic mass is 9.80. The van der Waals surface area contributed by atoms with Gasteiger partial charge in [-0.25, -0.2) is 4.72 Å². The molecule has 1 saturated carbocycles. The van der Waals surface area contributed by atoms with Crippen molar-refractivity contribution in [3.63, 3.8) is 0 Å². The lowest BCUT2D eigenvalue weighted by Crippen LogP contribution is -2.43. The summed E-state index contributed by atoms with van der Waals surface area (Å²) in [6.45, 7) is 6.23. The van der Waals surface area contributed by atoms with Crippen LogP contribution < -0.4 is 9.46 Å². The molecule has 1 atom stereocenters. The summed E-state index contributed by atoms with van der Waals surface area (Å²) in [4.78, 5) is 26.6. The average Bonchev–Trinajstić information content (AvgIpc) is 3.22. The number of nitrogens with one attached hydrogen (secondary N) is 1. The second-order valence-corrected chi connectivity index (χ2v) is 13.4. The van der Waals surface area contributed by atoms with E-state index in [2.05, 4.69) is 15.4 Å². The predicted octanol–water partition coefficient (Wildman–Crippen LogP) is 5.42. The standard InChI is InChI=1S/C32H41N3O6S/c1-6-34(7-2)42(38,39)33-30(36)22-13-15-26-27(18-22)35-20-32(3,31(37)41-5)19-23-17-24(40-4)14-16-25(23)29(35)28(26)21-11-9-8-10-12-21/h13-18,21H,6-12,19-20H2,1-5H3,(H,33,36). The Bertz CT molecular complexity index is 1620. The first kappa shape index (κ1) is 30.1. The number of benzene rings is 2. The maximum absolute atomic E-state index is 13.3. The molecule has 5 rings (SSSR count). The number of esters is 1. The molecule has 2 heterocycles. The Labute approximate surface area is 248 Å². The predicted molar refractivity (Wildman–Crippen MR) is 163 cm³/mol. The Hall–Kier alpha value is -3.37. The molecule has 2 aromatic carbocycles. The van der Waals surface area contributed by atoms with E-state index in [1.807, 2.05) is 25.1 Å². The molecule has 0 spiro atoms. The van der Waals surface area contributed by atoms with Crippen molar-refractivity contribution in [1.29, 1.82) is 0 Å². The lowest BCUT2D eigenvalue weighted by molar-refractivity contribution is -0.152. The van der Waals surface area contributed by atoms with Gasteiger partial charge in [0.1, 0.15) is 5.75 Å². The molecule has 10 heteroatoms. The molecule has 2 aliphatic rings. The van der Waals surface area contributed by atoms with Crippen LogP contribution in [0.5, 0.6) is 5.75 Å². The van der Waals surface area contributed by atoms with Crippen molar-refractivity contribution in [2.75, 3.05) is 27.3 Å². The number of carbonyl (C=O) groups is 2. The van der Waals surface area contributed by atoms with E-state index >= 15 is 0 Å². The summed E-state index contributed by atoms with van der Waals surface area (Å²) in [7, 11) is -0.941. The van der Waals surface area contributed by atoms with Crippen LogP contribution >= 0.6 is 0 Å². The fourth-order valence-corrected chi connectivity index (χ4v) is 8.02. The molecule has 1 aromatic heterocycles. The van der Waals surface area contributed by atoms with Crippen LogP contribution in [0.2, 0.25) is 0 Å². The minimum Gasteiger partial charge on any atom is -0.497 e. The van der Waals surface area contributed by atoms with Gasteiger partial charge in [0.15, 0.2) is 0 Å². The van der Waals surface area contributed by atoms with Crippen LogP contribution in [-0.2, 0) is 32.7 Å². The van der Waals surface area contributed by atoms with E-state index in [0.717, 1.165) is 59.2 Å². The van der Waals surface area contributed by atoms with Crippen molar-refractivity contribution in [2.24, 2.45) is 5.41 Å². The fourth-order valence-electron chi connectivity index (χ4n) is 6.86. The van der Waals surface area contributed by atoms with Crippen LogP contribution in [0.15, 0.2) is 36.4 Å². The van der Waals surface area contributed by atoms with Gasteiger partial charge in [-0.05, 0) is 73.6 Å². The summed E-state index contributed by atoms with van der Waals surface area (Å²) < 4.78 is 42.2. The molecule has 1 amide bonds. The van der Waals surface area contributed by atoms with Crippen molar-refractivity contribution in [2.45, 2.75) is 71.8 Å². The fraction of sp³-hybridized carbons (Fsp3) is 0.500. The van der Waals surface area contributed by atoms with Gasteiger partial charge in [0.2, 0.25) is 0 Å². The van der Waals surface area contributed by atoms with E-state index in [4.69, 9.17) is 9.47 Å². The van der Waals surface area contributed by atoms with E-state index in [9.17, 15) is 18.0 Å². The minimum absolute atomic E-state index is 0.243. The summed E-state index contributed by atoms with van der Waals surface area (Å²) in [5, 5.41) is 1.02. The van der Waals surface area contributed by atoms with Crippen LogP contribution in [-0.4, -0.2) is 56.5 Å². The van der Waals surface area contributed by atoms with Crippen molar-refractivity contribution in [3.05, 3.63) is 53.1 Å². The number of nitrogens with zero attached hydrogens (tertiary/aromatic N) is 2. The van der Waals surface area contributed by atoms with Crippen LogP contribution in [0, 0.1) is 5.41 Å². The third kappa shape index (κ3) is 5.30. The summed E-state index contributed by atoms with van der Waals surface area (Å²) in [5.74, 6) is 0.0493. The molecule has 42 heavy (non-hydrogen) atoms. The number of ether oxygens (including phenoxy) is 2. The van der Waals surface area contributed by atoms with Crippen LogP contribution in [0.25, 0.3) is 22.2 Å². The highest BCUT2D eigenvalue weighted by atomic mass is 32.2. The monoisotopic (exact) mass is 595 g/mol. The number of fused-ring (bicyclic) bond motifs is 5. The number of hydrogen-bond acceptors (Lipinski definition) is 6. The molecular weight excluding hydrogens is 554 g/mol. The molecule has 0 saturated heterocycles. The topological polar surface area (TPSA) is 107 Å². The van der Waals surface area contributed by atoms with Gasteiger partial charge < -0.3 is 14.0 Å². The van der Waals surface area contributed by atoms with E-state index in [1.54, 1.807) is 33.1 Å². The second kappa shape index (κ2) is 11.7. The van der Waals surface area contributed by atoms with Gasteiger partial charge in [-0.15, -0.1) is 0 Å². The van der Waals surface area contributed by atoms with Crippen LogP contribution in [0.4, 0.5) is 0 Å². The molecule has 0 bridgehead atoms. The van der Waals surface area contributed by atoms with Crippen molar-refractivity contribution < 1.29 is 27.5 Å². The second-order valence-electron chi connectivity index (χ2n) is 11.7. The van der Waals surface area contributed by atoms with Gasteiger partial charge >= 0.3 is 16.2 Å². The van der Waals surface area contributed by atoms with Crippen LogP contribution in [0.3, 0.4) is 0 Å². The molecule has 3 aromatic rings. The quantitative estimate of drug-likeness (QED) is 0.349. The van der Waals surface area contributed by atoms with Crippen molar-refractivity contribution >= 4 is 33.0 Å². The number of hydrogen-bond donors (Lipinski definition) is 1. The minimum atomic E-state index is -3.98. The average molecular weight is 596 g/mol. The molecule has 1 aliphatic carbocycles. The van der Waals surface area contributed by atoms with Crippen LogP contribution in [0.1, 0.15) is 80.3 Å². The summed E-state index contributed by atoms with van der Waals surface area (Å²) in [6, 6.07) is 11.4. The summed E-state index contributed by atoms with van der Waals surface area (Å²) >= 11 is 0. The molecule has 1 unspecified atom stereocenters. The molecule has 0 radical (unpaired) electrons. The van der Waals surface area contributed by atoms with Crippen molar-refractivity contribution in [3.8, 4) is 17.0 Å². The molecule has 1 N–H and O–H groups in total. The summed E-state index contributed by atoms with van der Waals surface area (Å²) in [5.41, 5.74) is 4.48. The SMILES string of the molecule is CCN(CC)S(=O)(=O)NC(=O)c1ccc2c(C3CCCCC3)c3n(c2c1)CC(C)(C(=O)OC)Cc1cc(OC)ccc1-3. The van der Waals surface area contributed by atoms with E-state index in [-0.39, 0.29) is 24.6 Å². The molecule has 226 valence electrons. The van der Waals surface area contributed by atoms with Gasteiger partial charge in [-0.1, -0.05) is 39.2 Å². The molecule has 1 aliphatic heterocycles. The Morgan fingerprint density at radius 1 is 1.05 bits per heavy atom. The number of carbonyl (C=O) groups excluding carboxylic acids is 2. The summed E-state index contributed by atoms with van der Waals surface area (Å²) in [6.07, 6.45) is 6.10. The first-order valence-corrected chi connectivity index (χ1v) is 16.2. The number of rotatable bonds is 8. The van der Waals surface area contributed by atoms with Gasteiger partial charge in [0.05, 0.1) is 25.3 Å². The highest BCUT2D eigenvalue weighted by molar-refractivity contribution is 7.87. The first-order valence-electron chi connectivity index (χ1n) is 14.8. The smallest absolute Gasteiger partial charge is 0.313 e. The highest BCUT2D eigenvalue weighted by Crippen LogP contribution is 2.49. The Morgan fingerprint density at radius 2 is 1.76 bits per heavy atom. The number of methoxy groups -OCH3 is 2. The number of aromatic nitrogens is 1. The number of amides is 1. The Kier molecular flexibility index (Phi) is 8.40. The van der Waals surface area contributed by atoms with Gasteiger partial charge in [0, 0.05) is 41.7 Å². The van der Waals surface area contributed by atoms with E-state index < -0.39 is 21.5 Å². The largest absolute Gasteiger partial charge is 0.497 e. The molecular formula is C32H41N3O6S. The lowest BCUT2D eigenvalue weighted by Gasteiger charge is -2.26. The Balaban J connectivity index is 1.75.